The number of amides is 2. The first kappa shape index (κ1) is 15.2. The quantitative estimate of drug-likeness (QED) is 0.894. The van der Waals surface area contributed by atoms with E-state index in [1.165, 1.54) is 5.56 Å². The number of benzene rings is 1. The van der Waals surface area contributed by atoms with E-state index in [2.05, 4.69) is 29.9 Å². The Hall–Kier alpha value is -1.20. The zero-order chi connectivity index (χ0) is 14.5. The van der Waals surface area contributed by atoms with E-state index in [4.69, 9.17) is 4.74 Å². The summed E-state index contributed by atoms with van der Waals surface area (Å²) in [5.74, 6) is 0. The van der Waals surface area contributed by atoms with Crippen molar-refractivity contribution in [3.63, 3.8) is 0 Å². The summed E-state index contributed by atoms with van der Waals surface area (Å²) in [5.41, 5.74) is 2.04. The fourth-order valence-electron chi connectivity index (χ4n) is 2.26. The van der Waals surface area contributed by atoms with E-state index in [-0.39, 0.29) is 18.2 Å². The maximum atomic E-state index is 12.0. The van der Waals surface area contributed by atoms with Gasteiger partial charge in [-0.25, -0.2) is 4.79 Å². The number of rotatable bonds is 4. The molecule has 0 bridgehead atoms. The summed E-state index contributed by atoms with van der Waals surface area (Å²) < 4.78 is 5.44. The number of thioether (sulfide) groups is 1. The topological polar surface area (TPSA) is 50.4 Å². The largest absolute Gasteiger partial charge is 0.376 e. The first-order valence-corrected chi connectivity index (χ1v) is 8.21. The van der Waals surface area contributed by atoms with Crippen LogP contribution < -0.4 is 10.6 Å². The average molecular weight is 294 g/mol. The molecule has 1 aliphatic rings. The summed E-state index contributed by atoms with van der Waals surface area (Å²) >= 11 is 1.79. The smallest absolute Gasteiger partial charge is 0.319 e. The van der Waals surface area contributed by atoms with E-state index in [0.29, 0.717) is 11.9 Å². The third kappa shape index (κ3) is 3.90. The maximum Gasteiger partial charge on any atom is 0.319 e. The lowest BCUT2D eigenvalue weighted by molar-refractivity contribution is 0.114. The first-order valence-electron chi connectivity index (χ1n) is 6.92. The van der Waals surface area contributed by atoms with Gasteiger partial charge in [-0.05, 0) is 44.2 Å². The lowest BCUT2D eigenvalue weighted by Crippen LogP contribution is -2.41. The van der Waals surface area contributed by atoms with E-state index in [9.17, 15) is 4.79 Å². The van der Waals surface area contributed by atoms with Crippen molar-refractivity contribution in [1.82, 2.24) is 5.32 Å². The second-order valence-corrected chi connectivity index (χ2v) is 6.25. The molecule has 2 N–H and O–H groups in total. The van der Waals surface area contributed by atoms with Gasteiger partial charge in [-0.2, -0.15) is 11.8 Å². The molecular weight excluding hydrogens is 272 g/mol. The maximum absolute atomic E-state index is 12.0. The molecule has 5 heteroatoms. The lowest BCUT2D eigenvalue weighted by atomic mass is 10.1. The fourth-order valence-corrected chi connectivity index (χ4v) is 2.68. The minimum atomic E-state index is -0.165. The number of carbonyl (C=O) groups excluding carboxylic acids is 1. The van der Waals surface area contributed by atoms with Crippen LogP contribution in [0.25, 0.3) is 0 Å². The molecule has 0 unspecified atom stereocenters. The van der Waals surface area contributed by atoms with Crippen LogP contribution in [-0.2, 0) is 4.74 Å². The van der Waals surface area contributed by atoms with Crippen molar-refractivity contribution in [1.29, 1.82) is 0 Å². The van der Waals surface area contributed by atoms with Crippen LogP contribution in [0.1, 0.15) is 31.1 Å². The molecule has 0 aliphatic carbocycles. The van der Waals surface area contributed by atoms with Crippen LogP contribution in [0.2, 0.25) is 0 Å². The van der Waals surface area contributed by atoms with Gasteiger partial charge in [0.15, 0.2) is 0 Å². The van der Waals surface area contributed by atoms with Crippen molar-refractivity contribution < 1.29 is 9.53 Å². The van der Waals surface area contributed by atoms with Gasteiger partial charge in [0, 0.05) is 17.5 Å². The van der Waals surface area contributed by atoms with Gasteiger partial charge in [-0.1, -0.05) is 12.1 Å². The summed E-state index contributed by atoms with van der Waals surface area (Å²) in [5, 5.41) is 6.27. The molecule has 0 spiro atoms. The highest BCUT2D eigenvalue weighted by molar-refractivity contribution is 7.98. The summed E-state index contributed by atoms with van der Waals surface area (Å²) in [6.07, 6.45) is 3.04. The Morgan fingerprint density at radius 1 is 1.50 bits per heavy atom. The molecule has 2 rings (SSSR count). The number of hydrogen-bond donors (Lipinski definition) is 2. The number of carbonyl (C=O) groups is 1. The number of nitrogens with one attached hydrogen (secondary N) is 2. The van der Waals surface area contributed by atoms with Gasteiger partial charge in [-0.3, -0.25) is 0 Å². The monoisotopic (exact) mass is 294 g/mol. The van der Waals surface area contributed by atoms with Crippen LogP contribution in [0.3, 0.4) is 0 Å². The van der Waals surface area contributed by atoms with Crippen LogP contribution in [0.4, 0.5) is 10.5 Å². The average Bonchev–Trinajstić information content (AvgIpc) is 2.83. The molecule has 4 nitrogen and oxygen atoms in total. The molecule has 0 radical (unpaired) electrons. The van der Waals surface area contributed by atoms with E-state index in [0.717, 1.165) is 12.1 Å². The van der Waals surface area contributed by atoms with Crippen LogP contribution in [0, 0.1) is 0 Å². The Kier molecular flexibility index (Phi) is 5.31. The van der Waals surface area contributed by atoms with E-state index < -0.39 is 0 Å². The third-order valence-corrected chi connectivity index (χ3v) is 4.64. The molecule has 1 saturated heterocycles. The SMILES string of the molecule is CS[C@H](C)c1cccc(NC(=O)N[C@H]2CCO[C@@H]2C)c1. The molecule has 2 amide bonds. The number of anilines is 1. The second-order valence-electron chi connectivity index (χ2n) is 5.07. The van der Waals surface area contributed by atoms with Gasteiger partial charge < -0.3 is 15.4 Å². The highest BCUT2D eigenvalue weighted by Gasteiger charge is 2.25. The minimum Gasteiger partial charge on any atom is -0.376 e. The van der Waals surface area contributed by atoms with Crippen LogP contribution in [0.5, 0.6) is 0 Å². The predicted molar refractivity (Wildman–Crippen MR) is 84.3 cm³/mol. The first-order chi connectivity index (χ1) is 9.60. The molecular formula is C15H22N2O2S. The van der Waals surface area contributed by atoms with Gasteiger partial charge in [0.1, 0.15) is 0 Å². The Morgan fingerprint density at radius 3 is 2.95 bits per heavy atom. The van der Waals surface area contributed by atoms with Crippen molar-refractivity contribution in [2.45, 2.75) is 37.7 Å². The normalized spacial score (nSPS) is 23.4. The molecule has 110 valence electrons. The van der Waals surface area contributed by atoms with Crippen LogP contribution in [0.15, 0.2) is 24.3 Å². The molecule has 1 aromatic carbocycles. The zero-order valence-corrected chi connectivity index (χ0v) is 13.0. The van der Waals surface area contributed by atoms with Gasteiger partial charge in [0.2, 0.25) is 0 Å². The Bertz CT molecular complexity index is 467. The Morgan fingerprint density at radius 2 is 2.30 bits per heavy atom. The fraction of sp³-hybridized carbons (Fsp3) is 0.533. The molecule has 20 heavy (non-hydrogen) atoms. The van der Waals surface area contributed by atoms with Crippen LogP contribution >= 0.6 is 11.8 Å². The van der Waals surface area contributed by atoms with Gasteiger partial charge in [-0.15, -0.1) is 0 Å². The summed E-state index contributed by atoms with van der Waals surface area (Å²) in [4.78, 5) is 12.0. The van der Waals surface area contributed by atoms with Crippen molar-refractivity contribution in [2.24, 2.45) is 0 Å². The van der Waals surface area contributed by atoms with Crippen molar-refractivity contribution in [3.05, 3.63) is 29.8 Å². The van der Waals surface area contributed by atoms with E-state index in [1.54, 1.807) is 11.8 Å². The zero-order valence-electron chi connectivity index (χ0n) is 12.2. The van der Waals surface area contributed by atoms with Gasteiger partial charge in [0.25, 0.3) is 0 Å². The summed E-state index contributed by atoms with van der Waals surface area (Å²) in [7, 11) is 0. The summed E-state index contributed by atoms with van der Waals surface area (Å²) in [6, 6.07) is 7.92. The lowest BCUT2D eigenvalue weighted by Gasteiger charge is -2.17. The molecule has 3 atom stereocenters. The molecule has 1 aromatic rings. The van der Waals surface area contributed by atoms with Crippen molar-refractivity contribution in [3.8, 4) is 0 Å². The van der Waals surface area contributed by atoms with Crippen molar-refractivity contribution in [2.75, 3.05) is 18.2 Å². The molecule has 0 saturated carbocycles. The standard InChI is InChI=1S/C15H22N2O2S/c1-10-14(7-8-19-10)17-15(18)16-13-6-4-5-12(9-13)11(2)20-3/h4-6,9-11,14H,7-8H2,1-3H3,(H2,16,17,18)/t10-,11-,14+/m1/s1. The number of hydrogen-bond acceptors (Lipinski definition) is 3. The van der Waals surface area contributed by atoms with Gasteiger partial charge >= 0.3 is 6.03 Å². The molecule has 0 aromatic heterocycles. The number of urea groups is 1. The minimum absolute atomic E-state index is 0.0867. The second kappa shape index (κ2) is 6.99. The molecule has 1 fully saturated rings. The van der Waals surface area contributed by atoms with Crippen molar-refractivity contribution >= 4 is 23.5 Å². The van der Waals surface area contributed by atoms with E-state index >= 15 is 0 Å². The number of ether oxygens (including phenoxy) is 1. The Labute approximate surface area is 124 Å². The molecule has 1 aliphatic heterocycles. The predicted octanol–water partition coefficient (Wildman–Crippen LogP) is 3.41. The highest BCUT2D eigenvalue weighted by Crippen LogP contribution is 2.27. The molecule has 1 heterocycles. The summed E-state index contributed by atoms with van der Waals surface area (Å²) in [6.45, 7) is 4.85. The van der Waals surface area contributed by atoms with Crippen LogP contribution in [-0.4, -0.2) is 31.0 Å². The van der Waals surface area contributed by atoms with E-state index in [1.807, 2.05) is 25.1 Å². The third-order valence-electron chi connectivity index (χ3n) is 3.66. The highest BCUT2D eigenvalue weighted by atomic mass is 32.2. The van der Waals surface area contributed by atoms with Gasteiger partial charge in [0.05, 0.1) is 12.1 Å². The Balaban J connectivity index is 1.93.